The summed E-state index contributed by atoms with van der Waals surface area (Å²) in [5.41, 5.74) is 0. The summed E-state index contributed by atoms with van der Waals surface area (Å²) in [4.78, 5) is 22.0. The number of alkyl carbamates (subject to hydrolysis) is 1. The van der Waals surface area contributed by atoms with Gasteiger partial charge in [-0.2, -0.15) is 0 Å². The van der Waals surface area contributed by atoms with Crippen LogP contribution in [0.2, 0.25) is 0 Å². The van der Waals surface area contributed by atoms with Crippen molar-refractivity contribution in [1.82, 2.24) is 10.2 Å². The molecule has 0 heterocycles. The monoisotopic (exact) mass is 248 g/mol. The molecule has 102 valence electrons. The van der Waals surface area contributed by atoms with Crippen molar-refractivity contribution >= 4 is 12.1 Å². The van der Waals surface area contributed by atoms with E-state index in [1.165, 1.54) is 0 Å². The molecule has 0 atom stereocenters. The van der Waals surface area contributed by atoms with E-state index in [-0.39, 0.29) is 6.09 Å². The number of aliphatic carboxylic acids is 1. The Morgan fingerprint density at radius 3 is 2.29 bits per heavy atom. The van der Waals surface area contributed by atoms with E-state index in [1.54, 1.807) is 0 Å². The molecule has 0 aromatic rings. The van der Waals surface area contributed by atoms with Crippen molar-refractivity contribution in [2.45, 2.75) is 26.7 Å². The molecular weight excluding hydrogens is 224 g/mol. The van der Waals surface area contributed by atoms with Crippen LogP contribution in [-0.2, 0) is 9.53 Å². The Hall–Kier alpha value is -1.30. The number of hydrogen-bond acceptors (Lipinski definition) is 4. The van der Waals surface area contributed by atoms with Gasteiger partial charge in [0.05, 0.1) is 6.61 Å². The molecule has 0 rings (SSSR count). The molecule has 6 nitrogen and oxygen atoms in total. The molecule has 1 amide bonds. The number of carbonyl (C=O) groups excluding carboxylic acids is 1. The Labute approximate surface area is 103 Å². The van der Waals surface area contributed by atoms with Crippen LogP contribution in [0, 0.1) is 0 Å². The maximum atomic E-state index is 10.9. The molecule has 0 bridgehead atoms. The Morgan fingerprint density at radius 2 is 1.88 bits per heavy atom. The predicted molar refractivity (Wildman–Crippen MR) is 66.1 cm³/mol. The van der Waals surface area contributed by atoms with Crippen molar-refractivity contribution in [3.05, 3.63) is 0 Å². The number of amides is 1. The van der Waals surface area contributed by atoms with Gasteiger partial charge >= 0.3 is 6.09 Å². The largest absolute Gasteiger partial charge is 0.481 e. The molecule has 0 aromatic carbocycles. The highest BCUT2D eigenvalue weighted by molar-refractivity contribution is 5.66. The Kier molecular flexibility index (Phi) is 13.6. The van der Waals surface area contributed by atoms with Gasteiger partial charge in [-0.05, 0) is 33.5 Å². The van der Waals surface area contributed by atoms with Crippen LogP contribution >= 0.6 is 0 Å². The molecule has 0 unspecified atom stereocenters. The summed E-state index contributed by atoms with van der Waals surface area (Å²) in [6.07, 6.45) is 1.51. The van der Waals surface area contributed by atoms with Crippen LogP contribution in [0.15, 0.2) is 0 Å². The lowest BCUT2D eigenvalue weighted by molar-refractivity contribution is -0.134. The van der Waals surface area contributed by atoms with Crippen LogP contribution in [0.3, 0.4) is 0 Å². The molecule has 0 aliphatic rings. The first-order valence-corrected chi connectivity index (χ1v) is 5.65. The zero-order valence-electron chi connectivity index (χ0n) is 11.2. The summed E-state index contributed by atoms with van der Waals surface area (Å²) in [6.45, 7) is 5.22. The van der Waals surface area contributed by atoms with Crippen LogP contribution in [-0.4, -0.2) is 55.9 Å². The van der Waals surface area contributed by atoms with Crippen molar-refractivity contribution in [3.63, 3.8) is 0 Å². The second kappa shape index (κ2) is 12.8. The van der Waals surface area contributed by atoms with Crippen molar-refractivity contribution < 1.29 is 19.4 Å². The van der Waals surface area contributed by atoms with Gasteiger partial charge in [0.1, 0.15) is 0 Å². The molecule has 0 saturated heterocycles. The third kappa shape index (κ3) is 25.2. The zero-order chi connectivity index (χ0) is 13.7. The molecule has 6 heteroatoms. The normalized spacial score (nSPS) is 9.24. The minimum atomic E-state index is -0.833. The van der Waals surface area contributed by atoms with E-state index in [4.69, 9.17) is 14.6 Å². The first-order chi connectivity index (χ1) is 7.90. The third-order valence-corrected chi connectivity index (χ3v) is 1.49. The Bertz CT molecular complexity index is 204. The number of nitrogens with one attached hydrogen (secondary N) is 1. The number of carboxylic acid groups (broad SMARTS) is 1. The molecule has 0 saturated carbocycles. The number of ether oxygens (including phenoxy) is 1. The fourth-order valence-corrected chi connectivity index (χ4v) is 0.832. The van der Waals surface area contributed by atoms with Gasteiger partial charge in [0, 0.05) is 13.5 Å². The van der Waals surface area contributed by atoms with Crippen LogP contribution in [0.25, 0.3) is 0 Å². The maximum Gasteiger partial charge on any atom is 0.407 e. The van der Waals surface area contributed by atoms with Crippen LogP contribution < -0.4 is 5.32 Å². The lowest BCUT2D eigenvalue weighted by Gasteiger charge is -2.09. The summed E-state index contributed by atoms with van der Waals surface area (Å²) in [5.74, 6) is -0.833. The first kappa shape index (κ1) is 18.1. The van der Waals surface area contributed by atoms with Gasteiger partial charge in [0.15, 0.2) is 0 Å². The van der Waals surface area contributed by atoms with Crippen LogP contribution in [0.1, 0.15) is 26.7 Å². The fraction of sp³-hybridized carbons (Fsp3) is 0.818. The molecule has 0 aliphatic carbocycles. The van der Waals surface area contributed by atoms with Gasteiger partial charge in [-0.15, -0.1) is 0 Å². The second-order valence-corrected chi connectivity index (χ2v) is 3.74. The summed E-state index contributed by atoms with van der Waals surface area (Å²) < 4.78 is 4.83. The number of rotatable bonds is 6. The van der Waals surface area contributed by atoms with E-state index < -0.39 is 5.97 Å². The Balaban J connectivity index is 0. The van der Waals surface area contributed by atoms with Gasteiger partial charge in [-0.25, -0.2) is 4.79 Å². The van der Waals surface area contributed by atoms with Crippen molar-refractivity contribution in [2.75, 3.05) is 33.8 Å². The van der Waals surface area contributed by atoms with Crippen molar-refractivity contribution in [2.24, 2.45) is 0 Å². The first-order valence-electron chi connectivity index (χ1n) is 5.65. The molecule has 0 fully saturated rings. The summed E-state index contributed by atoms with van der Waals surface area (Å²) in [7, 11) is 4.02. The standard InChI is InChI=1S/C9H20N2O2.C2H4O2/c1-4-8-13-9(12)10-6-5-7-11(2)3;1-2(3)4/h4-8H2,1-3H3,(H,10,12);1H3,(H,3,4). The molecular formula is C11H24N2O4. The minimum absolute atomic E-state index is 0.305. The lowest BCUT2D eigenvalue weighted by Crippen LogP contribution is -2.27. The smallest absolute Gasteiger partial charge is 0.407 e. The molecule has 0 radical (unpaired) electrons. The van der Waals surface area contributed by atoms with Crippen molar-refractivity contribution in [3.8, 4) is 0 Å². The number of hydrogen-bond donors (Lipinski definition) is 2. The summed E-state index contributed by atoms with van der Waals surface area (Å²) in [5, 5.41) is 10.1. The van der Waals surface area contributed by atoms with E-state index in [0.717, 1.165) is 26.3 Å². The lowest BCUT2D eigenvalue weighted by atomic mass is 10.4. The molecule has 0 spiro atoms. The molecule has 0 aliphatic heterocycles. The number of carboxylic acids is 1. The predicted octanol–water partition coefficient (Wildman–Crippen LogP) is 1.17. The average molecular weight is 248 g/mol. The van der Waals surface area contributed by atoms with Crippen LogP contribution in [0.5, 0.6) is 0 Å². The summed E-state index contributed by atoms with van der Waals surface area (Å²) >= 11 is 0. The highest BCUT2D eigenvalue weighted by Crippen LogP contribution is 1.84. The highest BCUT2D eigenvalue weighted by Gasteiger charge is 1.98. The minimum Gasteiger partial charge on any atom is -0.481 e. The van der Waals surface area contributed by atoms with Crippen molar-refractivity contribution in [1.29, 1.82) is 0 Å². The van der Waals surface area contributed by atoms with E-state index in [2.05, 4.69) is 10.2 Å². The Morgan fingerprint density at radius 1 is 1.35 bits per heavy atom. The average Bonchev–Trinajstić information content (AvgIpc) is 2.20. The van der Waals surface area contributed by atoms with E-state index in [0.29, 0.717) is 13.2 Å². The molecule has 0 aromatic heterocycles. The molecule has 2 N–H and O–H groups in total. The summed E-state index contributed by atoms with van der Waals surface area (Å²) in [6, 6.07) is 0. The second-order valence-electron chi connectivity index (χ2n) is 3.74. The van der Waals surface area contributed by atoms with Gasteiger partial charge in [-0.3, -0.25) is 4.79 Å². The topological polar surface area (TPSA) is 78.9 Å². The fourth-order valence-electron chi connectivity index (χ4n) is 0.832. The van der Waals surface area contributed by atoms with Gasteiger partial charge in [0.25, 0.3) is 5.97 Å². The van der Waals surface area contributed by atoms with E-state index in [1.807, 2.05) is 21.0 Å². The number of nitrogens with zero attached hydrogens (tertiary/aromatic N) is 1. The van der Waals surface area contributed by atoms with Gasteiger partial charge in [0.2, 0.25) is 0 Å². The van der Waals surface area contributed by atoms with Gasteiger partial charge in [-0.1, -0.05) is 6.92 Å². The SMILES string of the molecule is CC(=O)O.CCCOC(=O)NCCCN(C)C. The zero-order valence-corrected chi connectivity index (χ0v) is 11.2. The van der Waals surface area contributed by atoms with Crippen LogP contribution in [0.4, 0.5) is 4.79 Å². The van der Waals surface area contributed by atoms with Gasteiger partial charge < -0.3 is 20.1 Å². The molecule has 17 heavy (non-hydrogen) atoms. The number of carbonyl (C=O) groups is 2. The van der Waals surface area contributed by atoms with E-state index >= 15 is 0 Å². The highest BCUT2D eigenvalue weighted by atomic mass is 16.5. The maximum absolute atomic E-state index is 10.9. The quantitative estimate of drug-likeness (QED) is 0.690. The van der Waals surface area contributed by atoms with E-state index in [9.17, 15) is 4.79 Å². The third-order valence-electron chi connectivity index (χ3n) is 1.49.